The second kappa shape index (κ2) is 2.64. The summed E-state index contributed by atoms with van der Waals surface area (Å²) >= 11 is 1.61. The van der Waals surface area contributed by atoms with Crippen molar-refractivity contribution in [2.75, 3.05) is 0 Å². The van der Waals surface area contributed by atoms with Gasteiger partial charge in [-0.2, -0.15) is 0 Å². The zero-order valence-electron chi connectivity index (χ0n) is 7.87. The van der Waals surface area contributed by atoms with Gasteiger partial charge in [-0.3, -0.25) is 5.73 Å². The van der Waals surface area contributed by atoms with Crippen molar-refractivity contribution in [2.45, 2.75) is 13.3 Å². The van der Waals surface area contributed by atoms with Crippen molar-refractivity contribution in [3.8, 4) is 0 Å². The van der Waals surface area contributed by atoms with Crippen molar-refractivity contribution in [2.24, 2.45) is 5.73 Å². The fourth-order valence-electron chi connectivity index (χ4n) is 2.02. The summed E-state index contributed by atoms with van der Waals surface area (Å²) in [5.74, 6) is 0. The fourth-order valence-corrected chi connectivity index (χ4v) is 2.88. The van der Waals surface area contributed by atoms with Gasteiger partial charge in [0.15, 0.2) is 5.70 Å². The number of thioether (sulfide) groups is 1. The molecule has 1 heterocycles. The number of hydrogen-bond acceptors (Lipinski definition) is 3. The van der Waals surface area contributed by atoms with Gasteiger partial charge in [-0.05, 0) is 23.0 Å². The van der Waals surface area contributed by atoms with Crippen LogP contribution in [0.3, 0.4) is 0 Å². The number of fused-ring (bicyclic) bond motifs is 2. The van der Waals surface area contributed by atoms with Crippen LogP contribution >= 0.6 is 11.8 Å². The topological polar surface area (TPSA) is 40.1 Å². The summed E-state index contributed by atoms with van der Waals surface area (Å²) in [4.78, 5) is 5.68. The minimum atomic E-state index is 0.683. The SMILES string of the molecule is Cc1cccc2c1CC1=C2[N+]=C(N)S1. The van der Waals surface area contributed by atoms with E-state index in [1.54, 1.807) is 11.8 Å². The number of allylic oxidation sites excluding steroid dienone is 1. The number of nitrogens with two attached hydrogens (primary N) is 1. The van der Waals surface area contributed by atoms with Gasteiger partial charge in [0.05, 0.1) is 4.91 Å². The number of aryl methyl sites for hydroxylation is 1. The van der Waals surface area contributed by atoms with Crippen LogP contribution in [0, 0.1) is 6.92 Å². The molecule has 14 heavy (non-hydrogen) atoms. The Bertz CT molecular complexity index is 486. The van der Waals surface area contributed by atoms with Gasteiger partial charge < -0.3 is 0 Å². The number of rotatable bonds is 0. The van der Waals surface area contributed by atoms with Gasteiger partial charge in [-0.25, -0.2) is 0 Å². The Morgan fingerprint density at radius 2 is 2.29 bits per heavy atom. The van der Waals surface area contributed by atoms with Gasteiger partial charge in [0.1, 0.15) is 0 Å². The van der Waals surface area contributed by atoms with Crippen LogP contribution in [-0.4, -0.2) is 5.17 Å². The first kappa shape index (κ1) is 8.12. The lowest BCUT2D eigenvalue weighted by Gasteiger charge is -2.02. The molecule has 2 N–H and O–H groups in total. The Labute approximate surface area is 86.9 Å². The molecule has 3 heteroatoms. The van der Waals surface area contributed by atoms with Crippen LogP contribution in [-0.2, 0) is 6.42 Å². The largest absolute Gasteiger partial charge is 0.355 e. The van der Waals surface area contributed by atoms with Crippen molar-refractivity contribution in [3.05, 3.63) is 39.8 Å². The number of nitrogens with zero attached hydrogens (tertiary/aromatic N) is 1. The molecule has 0 bridgehead atoms. The summed E-state index contributed by atoms with van der Waals surface area (Å²) in [6.07, 6.45) is 1.01. The van der Waals surface area contributed by atoms with E-state index in [1.165, 1.54) is 21.6 Å². The molecule has 0 atom stereocenters. The molecule has 0 unspecified atom stereocenters. The molecule has 0 amide bonds. The average Bonchev–Trinajstić information content (AvgIpc) is 2.63. The first-order chi connectivity index (χ1) is 6.75. The maximum Gasteiger partial charge on any atom is 0.355 e. The average molecular weight is 202 g/mol. The molecule has 69 valence electrons. The second-order valence-corrected chi connectivity index (χ2v) is 4.72. The van der Waals surface area contributed by atoms with Gasteiger partial charge in [-0.1, -0.05) is 18.2 Å². The second-order valence-electron chi connectivity index (χ2n) is 3.60. The monoisotopic (exact) mass is 202 g/mol. The highest BCUT2D eigenvalue weighted by Gasteiger charge is 2.33. The smallest absolute Gasteiger partial charge is 0.278 e. The normalized spacial score (nSPS) is 18.2. The highest BCUT2D eigenvalue weighted by Crippen LogP contribution is 2.41. The fraction of sp³-hybridized carbons (Fsp3) is 0.182. The zero-order valence-corrected chi connectivity index (χ0v) is 8.69. The zero-order chi connectivity index (χ0) is 9.71. The molecule has 0 spiro atoms. The van der Waals surface area contributed by atoms with E-state index in [1.807, 2.05) is 0 Å². The van der Waals surface area contributed by atoms with Gasteiger partial charge in [0.2, 0.25) is 0 Å². The van der Waals surface area contributed by atoms with Crippen LogP contribution in [0.25, 0.3) is 5.70 Å². The maximum atomic E-state index is 5.69. The van der Waals surface area contributed by atoms with Crippen LogP contribution in [0.4, 0.5) is 0 Å². The summed E-state index contributed by atoms with van der Waals surface area (Å²) in [7, 11) is 0. The third-order valence-electron chi connectivity index (χ3n) is 2.72. The molecule has 1 aromatic rings. The molecule has 3 rings (SSSR count). The van der Waals surface area contributed by atoms with E-state index in [0.29, 0.717) is 5.17 Å². The van der Waals surface area contributed by atoms with Gasteiger partial charge in [0, 0.05) is 23.7 Å². The first-order valence-electron chi connectivity index (χ1n) is 4.60. The van der Waals surface area contributed by atoms with Gasteiger partial charge >= 0.3 is 5.17 Å². The van der Waals surface area contributed by atoms with Gasteiger partial charge in [0.25, 0.3) is 0 Å². The molecule has 1 aliphatic carbocycles. The van der Waals surface area contributed by atoms with Crippen molar-refractivity contribution < 1.29 is 0 Å². The number of benzene rings is 1. The number of hydrogen-bond donors (Lipinski definition) is 1. The Morgan fingerprint density at radius 3 is 3.14 bits per heavy atom. The molecule has 1 radical (unpaired) electrons. The molecule has 2 aliphatic rings. The quantitative estimate of drug-likeness (QED) is 0.694. The molecular weight excluding hydrogens is 192 g/mol. The molecule has 0 fully saturated rings. The highest BCUT2D eigenvalue weighted by molar-refractivity contribution is 8.17. The van der Waals surface area contributed by atoms with Crippen molar-refractivity contribution >= 4 is 22.6 Å². The van der Waals surface area contributed by atoms with Crippen molar-refractivity contribution in [1.29, 1.82) is 0 Å². The Morgan fingerprint density at radius 1 is 1.43 bits per heavy atom. The van der Waals surface area contributed by atoms with Crippen LogP contribution in [0.2, 0.25) is 0 Å². The lowest BCUT2D eigenvalue weighted by atomic mass is 10.0. The van der Waals surface area contributed by atoms with E-state index >= 15 is 0 Å². The van der Waals surface area contributed by atoms with Crippen LogP contribution in [0.1, 0.15) is 16.7 Å². The minimum absolute atomic E-state index is 0.683. The van der Waals surface area contributed by atoms with E-state index in [-0.39, 0.29) is 0 Å². The summed E-state index contributed by atoms with van der Waals surface area (Å²) in [5.41, 5.74) is 10.8. The predicted octanol–water partition coefficient (Wildman–Crippen LogP) is 1.62. The molecule has 1 aliphatic heterocycles. The Balaban J connectivity index is 2.20. The van der Waals surface area contributed by atoms with E-state index in [2.05, 4.69) is 30.1 Å². The molecule has 1 aromatic carbocycles. The molecule has 0 saturated carbocycles. The maximum absolute atomic E-state index is 5.69. The predicted molar refractivity (Wildman–Crippen MR) is 60.7 cm³/mol. The number of aliphatic imine (C=N–C) groups is 1. The molecular formula is C11H10N2S+. The first-order valence-corrected chi connectivity index (χ1v) is 5.41. The summed E-state index contributed by atoms with van der Waals surface area (Å²) < 4.78 is 0. The van der Waals surface area contributed by atoms with Crippen LogP contribution in [0.15, 0.2) is 23.1 Å². The van der Waals surface area contributed by atoms with E-state index in [0.717, 1.165) is 12.1 Å². The standard InChI is InChI=1S/C11H10N2S/c1-6-3-2-4-7-8(6)5-9-10(7)13-11(12)14-9/h2-4H,5,12H2,1H3/q+1. The number of amidine groups is 1. The lowest BCUT2D eigenvalue weighted by molar-refractivity contribution is 1.23. The van der Waals surface area contributed by atoms with E-state index in [9.17, 15) is 0 Å². The van der Waals surface area contributed by atoms with Gasteiger partial charge in [-0.15, -0.1) is 0 Å². The van der Waals surface area contributed by atoms with E-state index < -0.39 is 0 Å². The van der Waals surface area contributed by atoms with Crippen LogP contribution in [0.5, 0.6) is 0 Å². The summed E-state index contributed by atoms with van der Waals surface area (Å²) in [6, 6.07) is 6.37. The highest BCUT2D eigenvalue weighted by atomic mass is 32.2. The van der Waals surface area contributed by atoms with Crippen molar-refractivity contribution in [1.82, 2.24) is 4.99 Å². The molecule has 2 nitrogen and oxygen atoms in total. The molecule has 0 saturated heterocycles. The summed E-state index contributed by atoms with van der Waals surface area (Å²) in [6.45, 7) is 2.15. The summed E-state index contributed by atoms with van der Waals surface area (Å²) in [5, 5.41) is 0.683. The minimum Gasteiger partial charge on any atom is -0.278 e. The van der Waals surface area contributed by atoms with Crippen molar-refractivity contribution in [3.63, 3.8) is 0 Å². The Kier molecular flexibility index (Phi) is 1.53. The third kappa shape index (κ3) is 0.960. The third-order valence-corrected chi connectivity index (χ3v) is 3.60. The van der Waals surface area contributed by atoms with Crippen LogP contribution < -0.4 is 10.7 Å². The van der Waals surface area contributed by atoms with E-state index in [4.69, 9.17) is 5.73 Å². The molecule has 0 aromatic heterocycles. The lowest BCUT2D eigenvalue weighted by Crippen LogP contribution is -2.10. The Hall–Kier alpha value is -1.22.